The Morgan fingerprint density at radius 2 is 2.27 bits per heavy atom. The van der Waals surface area contributed by atoms with E-state index in [-0.39, 0.29) is 24.5 Å². The van der Waals surface area contributed by atoms with E-state index in [2.05, 4.69) is 11.9 Å². The van der Waals surface area contributed by atoms with E-state index in [9.17, 15) is 9.90 Å². The number of halogens is 1. The van der Waals surface area contributed by atoms with E-state index in [0.717, 1.165) is 29.3 Å². The zero-order valence-electron chi connectivity index (χ0n) is 12.7. The molecule has 1 aliphatic rings. The lowest BCUT2D eigenvalue weighted by Gasteiger charge is -2.37. The molecule has 22 heavy (non-hydrogen) atoms. The van der Waals surface area contributed by atoms with Gasteiger partial charge in [-0.1, -0.05) is 17.7 Å². The number of H-pyrrole nitrogens is 1. The number of nitrogens with one attached hydrogen (secondary N) is 1. The van der Waals surface area contributed by atoms with Crippen molar-refractivity contribution < 1.29 is 9.90 Å². The first-order chi connectivity index (χ1) is 10.6. The predicted molar refractivity (Wildman–Crippen MR) is 88.0 cm³/mol. The van der Waals surface area contributed by atoms with Crippen LogP contribution < -0.4 is 0 Å². The third-order valence-corrected chi connectivity index (χ3v) is 4.86. The van der Waals surface area contributed by atoms with Crippen molar-refractivity contribution in [2.24, 2.45) is 5.92 Å². The van der Waals surface area contributed by atoms with Gasteiger partial charge in [0, 0.05) is 41.3 Å². The molecule has 0 radical (unpaired) electrons. The largest absolute Gasteiger partial charge is 0.396 e. The fourth-order valence-corrected chi connectivity index (χ4v) is 3.42. The number of likely N-dealkylation sites (tertiary alicyclic amines) is 1. The molecule has 2 heterocycles. The van der Waals surface area contributed by atoms with Gasteiger partial charge in [-0.05, 0) is 43.4 Å². The van der Waals surface area contributed by atoms with Crippen LogP contribution in [0.15, 0.2) is 24.4 Å². The molecule has 118 valence electrons. The third kappa shape index (κ3) is 2.99. The maximum absolute atomic E-state index is 12.7. The average molecular weight is 321 g/mol. The van der Waals surface area contributed by atoms with Crippen LogP contribution in [0.3, 0.4) is 0 Å². The summed E-state index contributed by atoms with van der Waals surface area (Å²) in [6.45, 7) is 2.90. The molecule has 2 N–H and O–H groups in total. The first-order valence-electron chi connectivity index (χ1n) is 7.74. The molecule has 0 bridgehead atoms. The summed E-state index contributed by atoms with van der Waals surface area (Å²) in [5.74, 6) is 0.337. The number of carbonyl (C=O) groups is 1. The molecule has 2 aromatic rings. The van der Waals surface area contributed by atoms with Crippen molar-refractivity contribution in [3.63, 3.8) is 0 Å². The van der Waals surface area contributed by atoms with Crippen molar-refractivity contribution in [1.29, 1.82) is 0 Å². The van der Waals surface area contributed by atoms with Gasteiger partial charge in [-0.2, -0.15) is 0 Å². The van der Waals surface area contributed by atoms with Crippen LogP contribution in [0.2, 0.25) is 5.02 Å². The van der Waals surface area contributed by atoms with Crippen molar-refractivity contribution in [2.75, 3.05) is 13.2 Å². The number of amides is 1. The van der Waals surface area contributed by atoms with Crippen LogP contribution in [0, 0.1) is 5.92 Å². The molecule has 1 aliphatic heterocycles. The van der Waals surface area contributed by atoms with Crippen LogP contribution in [0.5, 0.6) is 0 Å². The van der Waals surface area contributed by atoms with Gasteiger partial charge in [0.25, 0.3) is 0 Å². The Morgan fingerprint density at radius 3 is 3.05 bits per heavy atom. The first-order valence-corrected chi connectivity index (χ1v) is 8.12. The van der Waals surface area contributed by atoms with E-state index in [1.54, 1.807) is 0 Å². The summed E-state index contributed by atoms with van der Waals surface area (Å²) in [6, 6.07) is 5.91. The second-order valence-corrected chi connectivity index (χ2v) is 6.64. The van der Waals surface area contributed by atoms with E-state index in [4.69, 9.17) is 11.6 Å². The van der Waals surface area contributed by atoms with Gasteiger partial charge < -0.3 is 15.0 Å². The number of aromatic amines is 1. The first kappa shape index (κ1) is 15.4. The molecular weight excluding hydrogens is 300 g/mol. The highest BCUT2D eigenvalue weighted by Gasteiger charge is 2.28. The average Bonchev–Trinajstić information content (AvgIpc) is 2.89. The lowest BCUT2D eigenvalue weighted by molar-refractivity contribution is -0.135. The molecule has 1 amide bonds. The fraction of sp³-hybridized carbons (Fsp3) is 0.471. The molecule has 1 fully saturated rings. The van der Waals surface area contributed by atoms with Crippen molar-refractivity contribution in [2.45, 2.75) is 32.2 Å². The maximum Gasteiger partial charge on any atom is 0.227 e. The predicted octanol–water partition coefficient (Wildman–Crippen LogP) is 2.98. The number of hydrogen-bond acceptors (Lipinski definition) is 2. The lowest BCUT2D eigenvalue weighted by atomic mass is 9.93. The van der Waals surface area contributed by atoms with E-state index >= 15 is 0 Å². The van der Waals surface area contributed by atoms with Crippen molar-refractivity contribution in [3.05, 3.63) is 35.0 Å². The number of aliphatic hydroxyl groups excluding tert-OH is 1. The minimum Gasteiger partial charge on any atom is -0.396 e. The summed E-state index contributed by atoms with van der Waals surface area (Å²) in [6.07, 6.45) is 4.22. The number of fused-ring (bicyclic) bond motifs is 1. The summed E-state index contributed by atoms with van der Waals surface area (Å²) >= 11 is 5.99. The minimum absolute atomic E-state index is 0.126. The summed E-state index contributed by atoms with van der Waals surface area (Å²) < 4.78 is 0. The Hall–Kier alpha value is -1.52. The van der Waals surface area contributed by atoms with Gasteiger partial charge in [-0.15, -0.1) is 0 Å². The van der Waals surface area contributed by atoms with Crippen LogP contribution in [0.25, 0.3) is 10.9 Å². The highest BCUT2D eigenvalue weighted by molar-refractivity contribution is 6.31. The highest BCUT2D eigenvalue weighted by Crippen LogP contribution is 2.25. The summed E-state index contributed by atoms with van der Waals surface area (Å²) in [7, 11) is 0. The molecule has 0 aliphatic carbocycles. The number of rotatable bonds is 3. The number of hydrogen-bond donors (Lipinski definition) is 2. The Labute approximate surface area is 135 Å². The molecule has 3 rings (SSSR count). The van der Waals surface area contributed by atoms with E-state index in [1.807, 2.05) is 29.3 Å². The molecule has 4 nitrogen and oxygen atoms in total. The number of benzene rings is 1. The molecule has 1 aromatic carbocycles. The molecule has 1 aromatic heterocycles. The molecular formula is C17H21ClN2O2. The number of aliphatic hydroxyl groups is 1. The molecule has 0 saturated carbocycles. The topological polar surface area (TPSA) is 56.3 Å². The van der Waals surface area contributed by atoms with Gasteiger partial charge in [0.15, 0.2) is 0 Å². The van der Waals surface area contributed by atoms with Gasteiger partial charge >= 0.3 is 0 Å². The minimum atomic E-state index is 0.126. The molecule has 1 saturated heterocycles. The third-order valence-electron chi connectivity index (χ3n) is 4.63. The quantitative estimate of drug-likeness (QED) is 0.913. The number of nitrogens with zero attached hydrogens (tertiary/aromatic N) is 1. The van der Waals surface area contributed by atoms with Crippen molar-refractivity contribution in [3.8, 4) is 0 Å². The van der Waals surface area contributed by atoms with Gasteiger partial charge in [0.05, 0.1) is 6.42 Å². The Bertz CT molecular complexity index is 682. The number of piperidine rings is 1. The monoisotopic (exact) mass is 320 g/mol. The summed E-state index contributed by atoms with van der Waals surface area (Å²) in [5, 5.41) is 11.1. The molecule has 5 heteroatoms. The van der Waals surface area contributed by atoms with Crippen LogP contribution in [-0.4, -0.2) is 40.1 Å². The standard InChI is InChI=1S/C17H21ClN2O2/c1-11-2-3-12(10-21)9-20(11)17(22)6-13-8-19-16-7-14(18)4-5-15(13)16/h4-5,7-8,11-12,19,21H,2-3,6,9-10H2,1H3. The zero-order valence-corrected chi connectivity index (χ0v) is 13.4. The van der Waals surface area contributed by atoms with Crippen LogP contribution in [-0.2, 0) is 11.2 Å². The Kier molecular flexibility index (Phi) is 4.41. The van der Waals surface area contributed by atoms with Crippen LogP contribution in [0.4, 0.5) is 0 Å². The summed E-state index contributed by atoms with van der Waals surface area (Å²) in [4.78, 5) is 17.7. The second kappa shape index (κ2) is 6.31. The molecule has 2 atom stereocenters. The van der Waals surface area contributed by atoms with Crippen molar-refractivity contribution >= 4 is 28.4 Å². The second-order valence-electron chi connectivity index (χ2n) is 6.20. The molecule has 2 unspecified atom stereocenters. The van der Waals surface area contributed by atoms with Gasteiger partial charge in [0.1, 0.15) is 0 Å². The normalized spacial score (nSPS) is 22.2. The maximum atomic E-state index is 12.7. The Balaban J connectivity index is 1.77. The SMILES string of the molecule is CC1CCC(CO)CN1C(=O)Cc1c[nH]c2cc(Cl)ccc12. The van der Waals surface area contributed by atoms with Crippen molar-refractivity contribution in [1.82, 2.24) is 9.88 Å². The van der Waals surface area contributed by atoms with Gasteiger partial charge in [0.2, 0.25) is 5.91 Å². The number of carbonyl (C=O) groups excluding carboxylic acids is 1. The van der Waals surface area contributed by atoms with Gasteiger partial charge in [-0.25, -0.2) is 0 Å². The molecule has 0 spiro atoms. The van der Waals surface area contributed by atoms with Crippen LogP contribution in [0.1, 0.15) is 25.3 Å². The Morgan fingerprint density at radius 1 is 1.45 bits per heavy atom. The fourth-order valence-electron chi connectivity index (χ4n) is 3.25. The van der Waals surface area contributed by atoms with Gasteiger partial charge in [-0.3, -0.25) is 4.79 Å². The van der Waals surface area contributed by atoms with Crippen LogP contribution >= 0.6 is 11.6 Å². The lowest BCUT2D eigenvalue weighted by Crippen LogP contribution is -2.46. The highest BCUT2D eigenvalue weighted by atomic mass is 35.5. The zero-order chi connectivity index (χ0) is 15.7. The summed E-state index contributed by atoms with van der Waals surface area (Å²) in [5.41, 5.74) is 1.95. The number of aromatic nitrogens is 1. The smallest absolute Gasteiger partial charge is 0.227 e. The van der Waals surface area contributed by atoms with E-state index in [1.165, 1.54) is 0 Å². The van der Waals surface area contributed by atoms with E-state index in [0.29, 0.717) is 18.0 Å². The van der Waals surface area contributed by atoms with E-state index < -0.39 is 0 Å².